The minimum atomic E-state index is -0.521. The number of amides is 2. The van der Waals surface area contributed by atoms with Gasteiger partial charge in [-0.05, 0) is 55.4 Å². The number of carbonyl (C=O) groups excluding carboxylic acids is 2. The topological polar surface area (TPSA) is 58.6 Å². The summed E-state index contributed by atoms with van der Waals surface area (Å²) >= 11 is 0. The molecule has 2 unspecified atom stereocenters. The molecule has 0 aliphatic heterocycles. The average molecular weight is 439 g/mol. The maximum absolute atomic E-state index is 13.2. The minimum Gasteiger partial charge on any atom is -0.484 e. The van der Waals surface area contributed by atoms with Gasteiger partial charge in [0.15, 0.2) is 6.61 Å². The zero-order chi connectivity index (χ0) is 23.5. The number of hydrogen-bond donors (Lipinski definition) is 1. The van der Waals surface area contributed by atoms with Gasteiger partial charge in [-0.3, -0.25) is 9.59 Å². The Morgan fingerprint density at radius 3 is 2.16 bits per heavy atom. The van der Waals surface area contributed by atoms with Crippen LogP contribution in [0.4, 0.5) is 0 Å². The molecule has 0 aromatic heterocycles. The van der Waals surface area contributed by atoms with Crippen LogP contribution >= 0.6 is 0 Å². The van der Waals surface area contributed by atoms with E-state index in [1.165, 1.54) is 5.56 Å². The third kappa shape index (κ3) is 7.70. The van der Waals surface area contributed by atoms with E-state index >= 15 is 0 Å². The van der Waals surface area contributed by atoms with Crippen LogP contribution < -0.4 is 10.1 Å². The first-order chi connectivity index (χ1) is 15.3. The molecule has 2 amide bonds. The Morgan fingerprint density at radius 2 is 1.59 bits per heavy atom. The summed E-state index contributed by atoms with van der Waals surface area (Å²) in [5, 5.41) is 3.03. The second-order valence-electron chi connectivity index (χ2n) is 8.58. The fourth-order valence-electron chi connectivity index (χ4n) is 3.51. The van der Waals surface area contributed by atoms with E-state index in [9.17, 15) is 9.59 Å². The Hall–Kier alpha value is -2.82. The van der Waals surface area contributed by atoms with E-state index in [2.05, 4.69) is 19.2 Å². The fourth-order valence-corrected chi connectivity index (χ4v) is 3.51. The maximum Gasteiger partial charge on any atom is 0.261 e. The Bertz CT molecular complexity index is 834. The number of rotatable bonds is 12. The number of nitrogens with zero attached hydrogens (tertiary/aromatic N) is 1. The van der Waals surface area contributed by atoms with E-state index in [4.69, 9.17) is 4.74 Å². The molecule has 0 spiro atoms. The molecule has 0 aliphatic carbocycles. The fraction of sp³-hybridized carbons (Fsp3) is 0.481. The summed E-state index contributed by atoms with van der Waals surface area (Å²) in [5.74, 6) is 0.806. The molecule has 2 rings (SSSR count). The molecule has 5 nitrogen and oxygen atoms in total. The molecule has 2 atom stereocenters. The quantitative estimate of drug-likeness (QED) is 0.510. The van der Waals surface area contributed by atoms with Crippen molar-refractivity contribution in [3.05, 3.63) is 65.7 Å². The zero-order valence-corrected chi connectivity index (χ0v) is 20.1. The zero-order valence-electron chi connectivity index (χ0n) is 20.1. The van der Waals surface area contributed by atoms with Gasteiger partial charge in [-0.1, -0.05) is 70.2 Å². The Kier molecular flexibility index (Phi) is 10.3. The Labute approximate surface area is 193 Å². The van der Waals surface area contributed by atoms with Crippen LogP contribution in [0.1, 0.15) is 64.5 Å². The third-order valence-electron chi connectivity index (χ3n) is 5.78. The van der Waals surface area contributed by atoms with Gasteiger partial charge in [-0.25, -0.2) is 0 Å². The highest BCUT2D eigenvalue weighted by Gasteiger charge is 2.29. The van der Waals surface area contributed by atoms with Crippen molar-refractivity contribution >= 4 is 11.8 Å². The monoisotopic (exact) mass is 438 g/mol. The van der Waals surface area contributed by atoms with E-state index in [1.54, 1.807) is 4.90 Å². The van der Waals surface area contributed by atoms with Crippen LogP contribution in [0.25, 0.3) is 0 Å². The minimum absolute atomic E-state index is 0.0679. The van der Waals surface area contributed by atoms with Gasteiger partial charge in [0.05, 0.1) is 0 Å². The predicted molar refractivity (Wildman–Crippen MR) is 130 cm³/mol. The lowest BCUT2D eigenvalue weighted by molar-refractivity contribution is -0.142. The second-order valence-corrected chi connectivity index (χ2v) is 8.58. The normalized spacial score (nSPS) is 12.8. The van der Waals surface area contributed by atoms with E-state index in [-0.39, 0.29) is 24.5 Å². The van der Waals surface area contributed by atoms with Crippen LogP contribution in [0.2, 0.25) is 0 Å². The number of benzene rings is 2. The van der Waals surface area contributed by atoms with E-state index < -0.39 is 6.04 Å². The van der Waals surface area contributed by atoms with Gasteiger partial charge in [0.2, 0.25) is 5.91 Å². The van der Waals surface area contributed by atoms with Crippen LogP contribution in [0.5, 0.6) is 5.75 Å². The van der Waals surface area contributed by atoms with Crippen molar-refractivity contribution in [3.8, 4) is 5.75 Å². The lowest BCUT2D eigenvalue weighted by Gasteiger charge is -2.31. The van der Waals surface area contributed by atoms with Crippen LogP contribution in [-0.4, -0.2) is 41.9 Å². The second kappa shape index (κ2) is 12.9. The van der Waals surface area contributed by atoms with Crippen molar-refractivity contribution < 1.29 is 14.3 Å². The van der Waals surface area contributed by atoms with Crippen molar-refractivity contribution in [3.63, 3.8) is 0 Å². The largest absolute Gasteiger partial charge is 0.484 e. The van der Waals surface area contributed by atoms with Gasteiger partial charge in [-0.2, -0.15) is 0 Å². The molecule has 0 aliphatic rings. The summed E-state index contributed by atoms with van der Waals surface area (Å²) in [7, 11) is 0. The summed E-state index contributed by atoms with van der Waals surface area (Å²) in [5.41, 5.74) is 2.36. The lowest BCUT2D eigenvalue weighted by Crippen LogP contribution is -2.52. The first kappa shape index (κ1) is 25.4. The van der Waals surface area contributed by atoms with Crippen LogP contribution in [0.3, 0.4) is 0 Å². The van der Waals surface area contributed by atoms with E-state index in [0.29, 0.717) is 31.1 Å². The van der Waals surface area contributed by atoms with Gasteiger partial charge < -0.3 is 15.0 Å². The molecule has 0 saturated carbocycles. The van der Waals surface area contributed by atoms with Gasteiger partial charge in [0.1, 0.15) is 11.8 Å². The molecular weight excluding hydrogens is 400 g/mol. The molecule has 0 radical (unpaired) electrons. The number of nitrogens with one attached hydrogen (secondary N) is 1. The van der Waals surface area contributed by atoms with Crippen molar-refractivity contribution in [2.24, 2.45) is 0 Å². The Morgan fingerprint density at radius 1 is 0.938 bits per heavy atom. The molecule has 0 bridgehead atoms. The molecule has 0 heterocycles. The smallest absolute Gasteiger partial charge is 0.261 e. The average Bonchev–Trinajstić information content (AvgIpc) is 2.80. The molecular formula is C27H38N2O3. The summed E-state index contributed by atoms with van der Waals surface area (Å²) in [6.45, 7) is 10.6. The molecule has 174 valence electrons. The lowest BCUT2D eigenvalue weighted by atomic mass is 10.0. The number of ether oxygens (including phenoxy) is 1. The van der Waals surface area contributed by atoms with Crippen molar-refractivity contribution in [1.29, 1.82) is 0 Å². The number of carbonyl (C=O) groups is 2. The highest BCUT2D eigenvalue weighted by Crippen LogP contribution is 2.19. The van der Waals surface area contributed by atoms with E-state index in [1.807, 2.05) is 75.4 Å². The number of hydrogen-bond acceptors (Lipinski definition) is 3. The SMILES string of the molecule is CCC(C)NC(=O)C(CC)N(CCc1ccccc1)C(=O)COc1ccc(C(C)C)cc1. The van der Waals surface area contributed by atoms with E-state index in [0.717, 1.165) is 12.0 Å². The molecule has 0 saturated heterocycles. The first-order valence-electron chi connectivity index (χ1n) is 11.7. The summed E-state index contributed by atoms with van der Waals surface area (Å²) in [6.07, 6.45) is 2.07. The summed E-state index contributed by atoms with van der Waals surface area (Å²) in [4.78, 5) is 27.8. The third-order valence-corrected chi connectivity index (χ3v) is 5.78. The van der Waals surface area contributed by atoms with Gasteiger partial charge in [-0.15, -0.1) is 0 Å². The molecule has 0 fully saturated rings. The highest BCUT2D eigenvalue weighted by molar-refractivity contribution is 5.88. The van der Waals surface area contributed by atoms with Crippen LogP contribution in [0, 0.1) is 0 Å². The Balaban J connectivity index is 2.11. The standard InChI is InChI=1S/C27H38N2O3/c1-6-21(5)28-27(31)25(7-2)29(18-17-22-11-9-8-10-12-22)26(30)19-32-24-15-13-23(14-16-24)20(3)4/h8-16,20-21,25H,6-7,17-19H2,1-5H3,(H,28,31). The summed E-state index contributed by atoms with van der Waals surface area (Å²) in [6, 6.07) is 17.4. The van der Waals surface area contributed by atoms with Crippen molar-refractivity contribution in [2.45, 2.75) is 71.9 Å². The maximum atomic E-state index is 13.2. The molecule has 5 heteroatoms. The first-order valence-corrected chi connectivity index (χ1v) is 11.7. The predicted octanol–water partition coefficient (Wildman–Crippen LogP) is 4.95. The van der Waals surface area contributed by atoms with Crippen molar-refractivity contribution in [1.82, 2.24) is 10.2 Å². The van der Waals surface area contributed by atoms with Gasteiger partial charge >= 0.3 is 0 Å². The highest BCUT2D eigenvalue weighted by atomic mass is 16.5. The molecule has 32 heavy (non-hydrogen) atoms. The van der Waals surface area contributed by atoms with Gasteiger partial charge in [0, 0.05) is 12.6 Å². The van der Waals surface area contributed by atoms with Crippen molar-refractivity contribution in [2.75, 3.05) is 13.2 Å². The van der Waals surface area contributed by atoms with Crippen LogP contribution in [-0.2, 0) is 16.0 Å². The molecule has 1 N–H and O–H groups in total. The summed E-state index contributed by atoms with van der Waals surface area (Å²) < 4.78 is 5.79. The van der Waals surface area contributed by atoms with Crippen LogP contribution in [0.15, 0.2) is 54.6 Å². The van der Waals surface area contributed by atoms with Gasteiger partial charge in [0.25, 0.3) is 5.91 Å². The molecule has 2 aromatic carbocycles. The molecule has 2 aromatic rings.